The number of hydrogen-bond donors (Lipinski definition) is 1. The summed E-state index contributed by atoms with van der Waals surface area (Å²) in [4.78, 5) is 28.1. The van der Waals surface area contributed by atoms with Crippen molar-refractivity contribution in [1.82, 2.24) is 0 Å². The van der Waals surface area contributed by atoms with Gasteiger partial charge in [0.2, 0.25) is 0 Å². The predicted octanol–water partition coefficient (Wildman–Crippen LogP) is 6.28. The number of unbranched alkanes of at least 4 members (excludes halogenated alkanes) is 3. The lowest BCUT2D eigenvalue weighted by atomic mass is 9.42. The van der Waals surface area contributed by atoms with Gasteiger partial charge in [0, 0.05) is 12.0 Å². The fraction of sp³-hybridized carbons (Fsp3) is 0.697. The van der Waals surface area contributed by atoms with Gasteiger partial charge in [-0.3, -0.25) is 4.79 Å². The summed E-state index contributed by atoms with van der Waals surface area (Å²) in [5, 5.41) is 11.5. The van der Waals surface area contributed by atoms with Crippen molar-refractivity contribution in [3.63, 3.8) is 0 Å². The zero-order chi connectivity index (χ0) is 27.2. The van der Waals surface area contributed by atoms with Crippen LogP contribution in [0.4, 0.5) is 0 Å². The van der Waals surface area contributed by atoms with Gasteiger partial charge in [-0.2, -0.15) is 0 Å². The van der Waals surface area contributed by atoms with Gasteiger partial charge in [-0.05, 0) is 68.3 Å². The highest BCUT2D eigenvalue weighted by Crippen LogP contribution is 2.83. The Morgan fingerprint density at radius 3 is 2.58 bits per heavy atom. The third kappa shape index (κ3) is 3.78. The van der Waals surface area contributed by atoms with Crippen molar-refractivity contribution in [1.29, 1.82) is 0 Å². The number of aldehydes is 1. The quantitative estimate of drug-likeness (QED) is 0.151. The van der Waals surface area contributed by atoms with Gasteiger partial charge in [-0.1, -0.05) is 82.0 Å². The van der Waals surface area contributed by atoms with E-state index in [1.165, 1.54) is 12.8 Å². The lowest BCUT2D eigenvalue weighted by molar-refractivity contribution is -0.198. The van der Waals surface area contributed by atoms with Gasteiger partial charge in [0.25, 0.3) is 0 Å². The van der Waals surface area contributed by atoms with Crippen molar-refractivity contribution in [3.8, 4) is 0 Å². The summed E-state index contributed by atoms with van der Waals surface area (Å²) < 4.78 is 12.7. The summed E-state index contributed by atoms with van der Waals surface area (Å²) >= 11 is 0. The molecule has 4 aliphatic carbocycles. The average molecular weight is 523 g/mol. The molecule has 1 N–H and O–H groups in total. The third-order valence-corrected chi connectivity index (χ3v) is 10.9. The average Bonchev–Trinajstić information content (AvgIpc) is 3.43. The summed E-state index contributed by atoms with van der Waals surface area (Å²) in [6, 6.07) is 9.77. The standard InChI is InChI=1S/C33H46O5/c1-5-6-7-11-16-37-22-32-19-28-26(14-15-30(28,4)36)31(21-34)18-25(32)17-27(23(2)3)33(31,32)29(35)38-20-24-12-9-8-10-13-24/h8-10,12-13,17,21,23,25-26,28,36H,5-7,11,14-16,18-20,22H2,1-4H3/t25-,26+,28-,30-,31-,32-,33-/m0/s1. The molecular weight excluding hydrogens is 476 g/mol. The summed E-state index contributed by atoms with van der Waals surface area (Å²) in [5.41, 5.74) is -1.37. The molecule has 0 aliphatic heterocycles. The van der Waals surface area contributed by atoms with E-state index in [9.17, 15) is 14.7 Å². The highest BCUT2D eigenvalue weighted by molar-refractivity contribution is 5.91. The molecule has 1 aromatic rings. The van der Waals surface area contributed by atoms with Crippen LogP contribution in [-0.2, 0) is 25.7 Å². The van der Waals surface area contributed by atoms with Crippen LogP contribution in [-0.4, -0.2) is 36.2 Å². The van der Waals surface area contributed by atoms with Crippen LogP contribution in [0.5, 0.6) is 0 Å². The van der Waals surface area contributed by atoms with Gasteiger partial charge in [0.05, 0.1) is 17.6 Å². The van der Waals surface area contributed by atoms with Gasteiger partial charge in [-0.15, -0.1) is 0 Å². The van der Waals surface area contributed by atoms with E-state index >= 15 is 0 Å². The molecular formula is C33H46O5. The Kier molecular flexibility index (Phi) is 7.41. The molecule has 208 valence electrons. The Morgan fingerprint density at radius 1 is 1.13 bits per heavy atom. The Bertz CT molecular complexity index is 1060. The maximum absolute atomic E-state index is 14.7. The number of rotatable bonds is 12. The van der Waals surface area contributed by atoms with Crippen molar-refractivity contribution in [2.75, 3.05) is 13.2 Å². The number of esters is 1. The lowest BCUT2D eigenvalue weighted by Gasteiger charge is -2.59. The Morgan fingerprint density at radius 2 is 1.89 bits per heavy atom. The van der Waals surface area contributed by atoms with Crippen LogP contribution in [0.3, 0.4) is 0 Å². The summed E-state index contributed by atoms with van der Waals surface area (Å²) in [6.07, 6.45) is 10.6. The zero-order valence-electron chi connectivity index (χ0n) is 23.7. The van der Waals surface area contributed by atoms with Crippen LogP contribution in [0.15, 0.2) is 42.0 Å². The molecule has 0 saturated heterocycles. The molecule has 38 heavy (non-hydrogen) atoms. The smallest absolute Gasteiger partial charge is 0.318 e. The molecule has 0 heterocycles. The summed E-state index contributed by atoms with van der Waals surface area (Å²) in [5.74, 6) is -0.175. The molecule has 3 fully saturated rings. The lowest BCUT2D eigenvalue weighted by Crippen LogP contribution is -2.65. The first-order chi connectivity index (χ1) is 18.2. The Hall–Kier alpha value is -1.98. The van der Waals surface area contributed by atoms with Crippen molar-refractivity contribution in [2.24, 2.45) is 39.9 Å². The summed E-state index contributed by atoms with van der Waals surface area (Å²) in [6.45, 7) is 9.66. The molecule has 1 aromatic carbocycles. The molecule has 0 aromatic heterocycles. The highest BCUT2D eigenvalue weighted by Gasteiger charge is 2.85. The van der Waals surface area contributed by atoms with Crippen LogP contribution in [0.25, 0.3) is 0 Å². The van der Waals surface area contributed by atoms with E-state index in [-0.39, 0.29) is 36.2 Å². The minimum atomic E-state index is -1.06. The van der Waals surface area contributed by atoms with Crippen LogP contribution >= 0.6 is 0 Å². The molecule has 0 spiro atoms. The SMILES string of the molecule is CCCCCCOC[C@@]12C[C@H]3[C@@H](CC[C@]3(C)O)[C@@]3(C=O)C[C@@H]1C=C(C(C)C)[C@@]23C(=O)OCc1ccccc1. The molecule has 3 saturated carbocycles. The number of ether oxygens (including phenoxy) is 2. The largest absolute Gasteiger partial charge is 0.460 e. The maximum atomic E-state index is 14.7. The van der Waals surface area contributed by atoms with Crippen LogP contribution in [0, 0.1) is 39.9 Å². The van der Waals surface area contributed by atoms with Crippen LogP contribution in [0.2, 0.25) is 0 Å². The fourth-order valence-electron chi connectivity index (χ4n) is 9.29. The van der Waals surface area contributed by atoms with E-state index in [0.29, 0.717) is 32.5 Å². The number of carbonyl (C=O) groups excluding carboxylic acids is 2. The molecule has 5 heteroatoms. The zero-order valence-corrected chi connectivity index (χ0v) is 23.7. The van der Waals surface area contributed by atoms with Gasteiger partial charge in [0.1, 0.15) is 18.3 Å². The van der Waals surface area contributed by atoms with Crippen LogP contribution < -0.4 is 0 Å². The molecule has 5 nitrogen and oxygen atoms in total. The van der Waals surface area contributed by atoms with Crippen molar-refractivity contribution >= 4 is 12.3 Å². The van der Waals surface area contributed by atoms with Gasteiger partial charge in [0.15, 0.2) is 0 Å². The monoisotopic (exact) mass is 522 g/mol. The second kappa shape index (κ2) is 10.2. The molecule has 0 unspecified atom stereocenters. The minimum Gasteiger partial charge on any atom is -0.460 e. The first kappa shape index (κ1) is 27.6. The van der Waals surface area contributed by atoms with Gasteiger partial charge >= 0.3 is 5.97 Å². The third-order valence-electron chi connectivity index (χ3n) is 10.9. The minimum absolute atomic E-state index is 0.0312. The topological polar surface area (TPSA) is 72.8 Å². The molecule has 0 radical (unpaired) electrons. The number of benzene rings is 1. The number of fused-ring (bicyclic) bond motifs is 2. The van der Waals surface area contributed by atoms with Crippen molar-refractivity contribution < 1.29 is 24.2 Å². The maximum Gasteiger partial charge on any atom is 0.318 e. The molecule has 7 atom stereocenters. The molecule has 4 aliphatic rings. The van der Waals surface area contributed by atoms with Gasteiger partial charge < -0.3 is 19.4 Å². The number of carbonyl (C=O) groups is 2. The number of hydrogen-bond acceptors (Lipinski definition) is 5. The van der Waals surface area contributed by atoms with Crippen molar-refractivity contribution in [3.05, 3.63) is 47.5 Å². The number of allylic oxidation sites excluding steroid dienone is 1. The molecule has 5 rings (SSSR count). The summed E-state index contributed by atoms with van der Waals surface area (Å²) in [7, 11) is 0. The van der Waals surface area contributed by atoms with E-state index in [2.05, 4.69) is 26.8 Å². The normalized spacial score (nSPS) is 38.8. The second-order valence-corrected chi connectivity index (χ2v) is 13.1. The number of aliphatic hydroxyl groups is 1. The molecule has 4 bridgehead atoms. The van der Waals surface area contributed by atoms with Crippen LogP contribution in [0.1, 0.15) is 84.6 Å². The van der Waals surface area contributed by atoms with E-state index < -0.39 is 21.8 Å². The highest BCUT2D eigenvalue weighted by atomic mass is 16.5. The van der Waals surface area contributed by atoms with E-state index in [4.69, 9.17) is 9.47 Å². The Balaban J connectivity index is 1.58. The fourth-order valence-corrected chi connectivity index (χ4v) is 9.29. The van der Waals surface area contributed by atoms with E-state index in [1.807, 2.05) is 37.3 Å². The molecule has 0 amide bonds. The first-order valence-corrected chi connectivity index (χ1v) is 14.9. The second-order valence-electron chi connectivity index (χ2n) is 13.1. The van der Waals surface area contributed by atoms with Gasteiger partial charge in [-0.25, -0.2) is 0 Å². The predicted molar refractivity (Wildman–Crippen MR) is 147 cm³/mol. The Labute approximate surface area is 228 Å². The van der Waals surface area contributed by atoms with E-state index in [0.717, 1.165) is 36.7 Å². The van der Waals surface area contributed by atoms with E-state index in [1.54, 1.807) is 0 Å². The first-order valence-electron chi connectivity index (χ1n) is 14.9. The van der Waals surface area contributed by atoms with Crippen molar-refractivity contribution in [2.45, 2.75) is 91.3 Å².